The summed E-state index contributed by atoms with van der Waals surface area (Å²) in [6.07, 6.45) is 0. The van der Waals surface area contributed by atoms with Gasteiger partial charge in [-0.25, -0.2) is 9.97 Å². The minimum atomic E-state index is 0.290. The second-order valence-corrected chi connectivity index (χ2v) is 6.02. The van der Waals surface area contributed by atoms with Crippen molar-refractivity contribution in [2.75, 3.05) is 0 Å². The van der Waals surface area contributed by atoms with E-state index in [4.69, 9.17) is 23.2 Å². The van der Waals surface area contributed by atoms with Crippen molar-refractivity contribution in [1.29, 1.82) is 0 Å². The molecule has 94 valence electrons. The van der Waals surface area contributed by atoms with Gasteiger partial charge < -0.3 is 0 Å². The van der Waals surface area contributed by atoms with Crippen molar-refractivity contribution in [3.05, 3.63) is 43.7 Å². The Balaban J connectivity index is 2.63. The van der Waals surface area contributed by atoms with Crippen LogP contribution in [0, 0.1) is 3.57 Å². The van der Waals surface area contributed by atoms with Crippen molar-refractivity contribution < 1.29 is 0 Å². The molecular weight excluding hydrogens is 382 g/mol. The predicted octanol–water partition coefficient (Wildman–Crippen LogP) is 5.18. The molecule has 0 unspecified atom stereocenters. The summed E-state index contributed by atoms with van der Waals surface area (Å²) in [5.41, 5.74) is 1.75. The van der Waals surface area contributed by atoms with Crippen LogP contribution in [0.5, 0.6) is 0 Å². The minimum absolute atomic E-state index is 0.290. The lowest BCUT2D eigenvalue weighted by Gasteiger charge is -2.11. The van der Waals surface area contributed by atoms with Crippen molar-refractivity contribution in [3.8, 4) is 11.4 Å². The molecule has 0 aliphatic carbocycles. The molecule has 0 aliphatic heterocycles. The van der Waals surface area contributed by atoms with E-state index >= 15 is 0 Å². The number of rotatable bonds is 2. The highest BCUT2D eigenvalue weighted by molar-refractivity contribution is 14.1. The molecule has 0 amide bonds. The zero-order valence-electron chi connectivity index (χ0n) is 9.92. The van der Waals surface area contributed by atoms with E-state index in [-0.39, 0.29) is 0 Å². The van der Waals surface area contributed by atoms with Gasteiger partial charge in [0.15, 0.2) is 5.82 Å². The topological polar surface area (TPSA) is 25.8 Å². The Morgan fingerprint density at radius 1 is 1.11 bits per heavy atom. The highest BCUT2D eigenvalue weighted by Gasteiger charge is 2.15. The minimum Gasteiger partial charge on any atom is -0.232 e. The van der Waals surface area contributed by atoms with Crippen LogP contribution in [0.4, 0.5) is 0 Å². The fourth-order valence-corrected chi connectivity index (χ4v) is 2.84. The van der Waals surface area contributed by atoms with E-state index in [0.717, 1.165) is 14.8 Å². The first-order chi connectivity index (χ1) is 8.50. The van der Waals surface area contributed by atoms with Gasteiger partial charge >= 0.3 is 0 Å². The average Bonchev–Trinajstić information content (AvgIpc) is 2.33. The molecule has 1 heterocycles. The summed E-state index contributed by atoms with van der Waals surface area (Å²) in [7, 11) is 0. The molecule has 0 saturated heterocycles. The molecule has 0 fully saturated rings. The second kappa shape index (κ2) is 5.72. The van der Waals surface area contributed by atoms with Crippen molar-refractivity contribution in [1.82, 2.24) is 9.97 Å². The lowest BCUT2D eigenvalue weighted by atomic mass is 10.1. The first-order valence-corrected chi connectivity index (χ1v) is 7.32. The van der Waals surface area contributed by atoms with Gasteiger partial charge in [0, 0.05) is 5.56 Å². The maximum Gasteiger partial charge on any atom is 0.162 e. The van der Waals surface area contributed by atoms with Crippen LogP contribution < -0.4 is 0 Å². The van der Waals surface area contributed by atoms with Crippen LogP contribution in [-0.4, -0.2) is 9.97 Å². The molecule has 0 spiro atoms. The van der Waals surface area contributed by atoms with E-state index in [1.165, 1.54) is 0 Å². The van der Waals surface area contributed by atoms with Gasteiger partial charge in [0.2, 0.25) is 0 Å². The monoisotopic (exact) mass is 392 g/mol. The van der Waals surface area contributed by atoms with Crippen molar-refractivity contribution in [2.45, 2.75) is 19.8 Å². The van der Waals surface area contributed by atoms with E-state index in [0.29, 0.717) is 21.9 Å². The standard InChI is InChI=1S/C13H11Cl2IN2/c1-7(2)11-10(16)12(15)18-13(17-11)8-5-3-4-6-9(8)14/h3-7H,1-2H3. The lowest BCUT2D eigenvalue weighted by Crippen LogP contribution is -2.02. The SMILES string of the molecule is CC(C)c1nc(-c2ccccc2Cl)nc(Cl)c1I. The smallest absolute Gasteiger partial charge is 0.162 e. The number of benzene rings is 1. The zero-order chi connectivity index (χ0) is 13.3. The van der Waals surface area contributed by atoms with E-state index in [1.54, 1.807) is 0 Å². The van der Waals surface area contributed by atoms with Gasteiger partial charge in [0.1, 0.15) is 5.15 Å². The number of aromatic nitrogens is 2. The van der Waals surface area contributed by atoms with Crippen LogP contribution in [0.15, 0.2) is 24.3 Å². The fraction of sp³-hybridized carbons (Fsp3) is 0.231. The van der Waals surface area contributed by atoms with Gasteiger partial charge in [-0.3, -0.25) is 0 Å². The molecule has 1 aromatic heterocycles. The molecule has 0 aliphatic rings. The third-order valence-corrected chi connectivity index (χ3v) is 4.48. The third-order valence-electron chi connectivity index (χ3n) is 2.50. The van der Waals surface area contributed by atoms with E-state index in [2.05, 4.69) is 46.4 Å². The normalized spacial score (nSPS) is 11.0. The lowest BCUT2D eigenvalue weighted by molar-refractivity contribution is 0.808. The first kappa shape index (κ1) is 14.0. The quantitative estimate of drug-likeness (QED) is 0.519. The number of hydrogen-bond donors (Lipinski definition) is 0. The Kier molecular flexibility index (Phi) is 4.45. The van der Waals surface area contributed by atoms with Gasteiger partial charge in [-0.1, -0.05) is 49.2 Å². The van der Waals surface area contributed by atoms with Gasteiger partial charge in [0.25, 0.3) is 0 Å². The Hall–Kier alpha value is -0.390. The molecule has 5 heteroatoms. The summed E-state index contributed by atoms with van der Waals surface area (Å²) in [5, 5.41) is 1.11. The molecule has 2 aromatic rings. The highest BCUT2D eigenvalue weighted by atomic mass is 127. The summed E-state index contributed by atoms with van der Waals surface area (Å²) in [6.45, 7) is 4.16. The number of hydrogen-bond acceptors (Lipinski definition) is 2. The molecule has 0 bridgehead atoms. The van der Waals surface area contributed by atoms with Crippen molar-refractivity contribution in [3.63, 3.8) is 0 Å². The van der Waals surface area contributed by atoms with E-state index < -0.39 is 0 Å². The molecule has 0 N–H and O–H groups in total. The van der Waals surface area contributed by atoms with Gasteiger partial charge in [0.05, 0.1) is 14.3 Å². The molecule has 1 aromatic carbocycles. The first-order valence-electron chi connectivity index (χ1n) is 5.48. The van der Waals surface area contributed by atoms with Crippen molar-refractivity contribution >= 4 is 45.8 Å². The number of halogens is 3. The van der Waals surface area contributed by atoms with Crippen LogP contribution >= 0.6 is 45.8 Å². The summed E-state index contributed by atoms with van der Waals surface area (Å²) < 4.78 is 0.903. The average molecular weight is 393 g/mol. The maximum atomic E-state index is 6.16. The Labute approximate surface area is 130 Å². The fourth-order valence-electron chi connectivity index (χ4n) is 1.58. The molecule has 2 nitrogen and oxygen atoms in total. The Morgan fingerprint density at radius 2 is 1.78 bits per heavy atom. The molecular formula is C13H11Cl2IN2. The molecule has 0 saturated carbocycles. The maximum absolute atomic E-state index is 6.16. The molecule has 2 rings (SSSR count). The van der Waals surface area contributed by atoms with Gasteiger partial charge in [-0.15, -0.1) is 0 Å². The Morgan fingerprint density at radius 3 is 2.39 bits per heavy atom. The van der Waals surface area contributed by atoms with E-state index in [9.17, 15) is 0 Å². The zero-order valence-corrected chi connectivity index (χ0v) is 13.6. The summed E-state index contributed by atoms with van der Waals surface area (Å²) in [5.74, 6) is 0.869. The largest absolute Gasteiger partial charge is 0.232 e. The number of nitrogens with zero attached hydrogens (tertiary/aromatic N) is 2. The van der Waals surface area contributed by atoms with Crippen LogP contribution in [0.25, 0.3) is 11.4 Å². The predicted molar refractivity (Wildman–Crippen MR) is 84.3 cm³/mol. The van der Waals surface area contributed by atoms with Gasteiger partial charge in [-0.05, 0) is 40.6 Å². The molecule has 0 atom stereocenters. The van der Waals surface area contributed by atoms with Crippen molar-refractivity contribution in [2.24, 2.45) is 0 Å². The molecule has 18 heavy (non-hydrogen) atoms. The summed E-state index contributed by atoms with van der Waals surface area (Å²) in [6, 6.07) is 7.50. The Bertz CT molecular complexity index is 585. The highest BCUT2D eigenvalue weighted by Crippen LogP contribution is 2.30. The molecule has 0 radical (unpaired) electrons. The second-order valence-electron chi connectivity index (χ2n) is 4.17. The summed E-state index contributed by atoms with van der Waals surface area (Å²) in [4.78, 5) is 8.89. The third kappa shape index (κ3) is 2.78. The van der Waals surface area contributed by atoms with Gasteiger partial charge in [-0.2, -0.15) is 0 Å². The van der Waals surface area contributed by atoms with Crippen LogP contribution in [0.1, 0.15) is 25.5 Å². The van der Waals surface area contributed by atoms with Crippen LogP contribution in [0.3, 0.4) is 0 Å². The van der Waals surface area contributed by atoms with Crippen LogP contribution in [0.2, 0.25) is 10.2 Å². The van der Waals surface area contributed by atoms with E-state index in [1.807, 2.05) is 24.3 Å². The summed E-state index contributed by atoms with van der Waals surface area (Å²) >= 11 is 14.5. The van der Waals surface area contributed by atoms with Crippen LogP contribution in [-0.2, 0) is 0 Å².